The molecule has 0 unspecified atom stereocenters. The Morgan fingerprint density at radius 1 is 1.21 bits per heavy atom. The number of hydrogen-bond donors (Lipinski definition) is 0. The maximum atomic E-state index is 12.5. The number of carbonyl (C=O) groups excluding carboxylic acids is 1. The number of methoxy groups -OCH3 is 1. The van der Waals surface area contributed by atoms with Crippen LogP contribution in [0.1, 0.15) is 48.9 Å². The van der Waals surface area contributed by atoms with Crippen LogP contribution in [0.5, 0.6) is 5.75 Å². The van der Waals surface area contributed by atoms with Gasteiger partial charge in [-0.15, -0.1) is 0 Å². The van der Waals surface area contributed by atoms with Gasteiger partial charge in [0, 0.05) is 31.5 Å². The molecule has 1 atom stereocenters. The number of aromatic nitrogens is 2. The molecule has 2 aliphatic rings. The fourth-order valence-corrected chi connectivity index (χ4v) is 4.35. The summed E-state index contributed by atoms with van der Waals surface area (Å²) in [5.41, 5.74) is 1.01. The number of piperidine rings is 2. The first-order valence-electron chi connectivity index (χ1n) is 10.5. The van der Waals surface area contributed by atoms with Crippen molar-refractivity contribution in [3.63, 3.8) is 0 Å². The lowest BCUT2D eigenvalue weighted by Crippen LogP contribution is -2.38. The van der Waals surface area contributed by atoms with Gasteiger partial charge in [-0.25, -0.2) is 0 Å². The number of ether oxygens (including phenoxy) is 1. The van der Waals surface area contributed by atoms with Crippen LogP contribution in [-0.2, 0) is 17.8 Å². The lowest BCUT2D eigenvalue weighted by molar-refractivity contribution is -0.134. The number of likely N-dealkylation sites (tertiary alicyclic amines) is 2. The van der Waals surface area contributed by atoms with Crippen molar-refractivity contribution in [3.05, 3.63) is 41.5 Å². The number of hydrogen-bond acceptors (Lipinski definition) is 6. The Hall–Kier alpha value is -2.41. The molecule has 1 amide bonds. The third-order valence-corrected chi connectivity index (χ3v) is 6.20. The van der Waals surface area contributed by atoms with Crippen LogP contribution in [0.25, 0.3) is 0 Å². The fourth-order valence-electron chi connectivity index (χ4n) is 4.35. The Morgan fingerprint density at radius 2 is 2.00 bits per heavy atom. The van der Waals surface area contributed by atoms with E-state index in [9.17, 15) is 4.79 Å². The molecule has 0 aliphatic carbocycles. The number of carbonyl (C=O) groups is 1. The van der Waals surface area contributed by atoms with Crippen molar-refractivity contribution in [1.82, 2.24) is 19.9 Å². The minimum absolute atomic E-state index is 0.0983. The van der Waals surface area contributed by atoms with Gasteiger partial charge in [0.25, 0.3) is 0 Å². The van der Waals surface area contributed by atoms with Crippen LogP contribution in [0, 0.1) is 5.92 Å². The summed E-state index contributed by atoms with van der Waals surface area (Å²) in [6.45, 7) is 3.42. The number of amides is 1. The summed E-state index contributed by atoms with van der Waals surface area (Å²) in [5, 5.41) is 4.24. The Morgan fingerprint density at radius 3 is 2.79 bits per heavy atom. The van der Waals surface area contributed by atoms with Crippen LogP contribution in [0.3, 0.4) is 0 Å². The zero-order valence-corrected chi connectivity index (χ0v) is 17.3. The predicted molar refractivity (Wildman–Crippen MR) is 109 cm³/mol. The van der Waals surface area contributed by atoms with Gasteiger partial charge in [0.05, 0.1) is 13.0 Å². The SMILES string of the molecule is COc1ccccc1CN1C[C@@H](c2nc(CC3CCN(C)CC3)no2)CCC1=O. The molecule has 0 bridgehead atoms. The van der Waals surface area contributed by atoms with Crippen molar-refractivity contribution >= 4 is 5.91 Å². The van der Waals surface area contributed by atoms with E-state index in [1.807, 2.05) is 29.2 Å². The highest BCUT2D eigenvalue weighted by molar-refractivity contribution is 5.77. The molecule has 2 aromatic rings. The van der Waals surface area contributed by atoms with Crippen molar-refractivity contribution in [2.45, 2.75) is 44.6 Å². The van der Waals surface area contributed by atoms with Gasteiger partial charge in [-0.2, -0.15) is 4.98 Å². The van der Waals surface area contributed by atoms with Crippen LogP contribution in [0.15, 0.2) is 28.8 Å². The number of benzene rings is 1. The van der Waals surface area contributed by atoms with Crippen molar-refractivity contribution < 1.29 is 14.1 Å². The zero-order chi connectivity index (χ0) is 20.2. The highest BCUT2D eigenvalue weighted by Gasteiger charge is 2.31. The van der Waals surface area contributed by atoms with Crippen molar-refractivity contribution in [1.29, 1.82) is 0 Å². The Balaban J connectivity index is 1.39. The molecule has 2 aliphatic heterocycles. The van der Waals surface area contributed by atoms with Crippen LogP contribution >= 0.6 is 0 Å². The zero-order valence-electron chi connectivity index (χ0n) is 17.3. The summed E-state index contributed by atoms with van der Waals surface area (Å²) in [6, 6.07) is 7.83. The molecule has 156 valence electrons. The van der Waals surface area contributed by atoms with Crippen LogP contribution in [-0.4, -0.2) is 59.6 Å². The number of para-hydroxylation sites is 1. The van der Waals surface area contributed by atoms with Gasteiger partial charge in [-0.3, -0.25) is 4.79 Å². The van der Waals surface area contributed by atoms with E-state index in [2.05, 4.69) is 17.1 Å². The molecule has 0 spiro atoms. The maximum Gasteiger partial charge on any atom is 0.231 e. The fraction of sp³-hybridized carbons (Fsp3) is 0.591. The first kappa shape index (κ1) is 19.9. The Labute approximate surface area is 172 Å². The van der Waals surface area contributed by atoms with Gasteiger partial charge in [-0.05, 0) is 51.4 Å². The average Bonchev–Trinajstić information content (AvgIpc) is 3.20. The smallest absolute Gasteiger partial charge is 0.231 e. The van der Waals surface area contributed by atoms with Gasteiger partial charge in [0.15, 0.2) is 5.82 Å². The van der Waals surface area contributed by atoms with Gasteiger partial charge in [0.1, 0.15) is 5.75 Å². The molecular formula is C22H30N4O3. The van der Waals surface area contributed by atoms with Crippen LogP contribution in [0.2, 0.25) is 0 Å². The highest BCUT2D eigenvalue weighted by Crippen LogP contribution is 2.29. The Bertz CT molecular complexity index is 829. The summed E-state index contributed by atoms with van der Waals surface area (Å²) < 4.78 is 11.0. The molecule has 0 saturated carbocycles. The second kappa shape index (κ2) is 8.95. The van der Waals surface area contributed by atoms with Crippen molar-refractivity contribution in [2.75, 3.05) is 33.8 Å². The standard InChI is InChI=1S/C22H30N4O3/c1-25-11-9-16(10-12-25)13-20-23-22(29-24-20)18-7-8-21(27)26(15-18)14-17-5-3-4-6-19(17)28-2/h3-6,16,18H,7-15H2,1-2H3/t18-/m0/s1. The molecular weight excluding hydrogens is 368 g/mol. The number of nitrogens with zero attached hydrogens (tertiary/aromatic N) is 4. The predicted octanol–water partition coefficient (Wildman–Crippen LogP) is 2.87. The minimum atomic E-state index is 0.0983. The van der Waals surface area contributed by atoms with E-state index in [0.29, 0.717) is 31.3 Å². The van der Waals surface area contributed by atoms with Crippen LogP contribution in [0.4, 0.5) is 0 Å². The molecule has 4 rings (SSSR count). The topological polar surface area (TPSA) is 71.7 Å². The molecule has 1 aromatic carbocycles. The van der Waals surface area contributed by atoms with Gasteiger partial charge in [0.2, 0.25) is 11.8 Å². The lowest BCUT2D eigenvalue weighted by Gasteiger charge is -2.31. The lowest BCUT2D eigenvalue weighted by atomic mass is 9.93. The first-order valence-corrected chi connectivity index (χ1v) is 10.5. The van der Waals surface area contributed by atoms with Gasteiger partial charge >= 0.3 is 0 Å². The molecule has 2 saturated heterocycles. The number of rotatable bonds is 6. The molecule has 3 heterocycles. The Kier molecular flexibility index (Phi) is 6.13. The average molecular weight is 399 g/mol. The highest BCUT2D eigenvalue weighted by atomic mass is 16.5. The van der Waals surface area contributed by atoms with E-state index in [4.69, 9.17) is 14.2 Å². The largest absolute Gasteiger partial charge is 0.496 e. The summed E-state index contributed by atoms with van der Waals surface area (Å²) in [6.07, 6.45) is 4.52. The molecule has 7 nitrogen and oxygen atoms in total. The first-order chi connectivity index (χ1) is 14.1. The second-order valence-corrected chi connectivity index (χ2v) is 8.32. The monoisotopic (exact) mass is 398 g/mol. The third-order valence-electron chi connectivity index (χ3n) is 6.20. The third kappa shape index (κ3) is 4.78. The van der Waals surface area contributed by atoms with E-state index in [0.717, 1.165) is 43.1 Å². The van der Waals surface area contributed by atoms with E-state index in [1.165, 1.54) is 12.8 Å². The molecule has 2 fully saturated rings. The summed E-state index contributed by atoms with van der Waals surface area (Å²) >= 11 is 0. The molecule has 1 aromatic heterocycles. The van der Waals surface area contributed by atoms with Gasteiger partial charge in [-0.1, -0.05) is 23.4 Å². The normalized spacial score (nSPS) is 21.5. The van der Waals surface area contributed by atoms with Crippen molar-refractivity contribution in [2.24, 2.45) is 5.92 Å². The summed E-state index contributed by atoms with van der Waals surface area (Å²) in [5.74, 6) is 3.18. The second-order valence-electron chi connectivity index (χ2n) is 8.32. The molecule has 0 radical (unpaired) electrons. The van der Waals surface area contributed by atoms with Gasteiger partial charge < -0.3 is 19.1 Å². The quantitative estimate of drug-likeness (QED) is 0.745. The van der Waals surface area contributed by atoms with Crippen molar-refractivity contribution in [3.8, 4) is 5.75 Å². The molecule has 29 heavy (non-hydrogen) atoms. The van der Waals surface area contributed by atoms with E-state index >= 15 is 0 Å². The maximum absolute atomic E-state index is 12.5. The van der Waals surface area contributed by atoms with E-state index in [-0.39, 0.29) is 11.8 Å². The summed E-state index contributed by atoms with van der Waals surface area (Å²) in [7, 11) is 3.83. The van der Waals surface area contributed by atoms with E-state index in [1.54, 1.807) is 7.11 Å². The minimum Gasteiger partial charge on any atom is -0.496 e. The molecule has 0 N–H and O–H groups in total. The molecule has 7 heteroatoms. The summed E-state index contributed by atoms with van der Waals surface area (Å²) in [4.78, 5) is 21.4. The van der Waals surface area contributed by atoms with E-state index < -0.39 is 0 Å². The van der Waals surface area contributed by atoms with Crippen LogP contribution < -0.4 is 4.74 Å².